The lowest BCUT2D eigenvalue weighted by Gasteiger charge is -2.28. The molecule has 1 aliphatic heterocycles. The number of fused-ring (bicyclic) bond motifs is 1. The van der Waals surface area contributed by atoms with E-state index in [4.69, 9.17) is 9.47 Å². The van der Waals surface area contributed by atoms with Crippen molar-refractivity contribution in [2.24, 2.45) is 5.92 Å². The minimum Gasteiger partial charge on any atom is -0.396 e. The van der Waals surface area contributed by atoms with Crippen molar-refractivity contribution >= 4 is 5.69 Å². The molecule has 5 atom stereocenters. The maximum atomic E-state index is 10.5. The number of anilines is 1. The third kappa shape index (κ3) is 2.31. The Hall–Kier alpha value is -1.14. The summed E-state index contributed by atoms with van der Waals surface area (Å²) in [7, 11) is 0. The second kappa shape index (κ2) is 5.00. The first kappa shape index (κ1) is 13.8. The van der Waals surface area contributed by atoms with Gasteiger partial charge in [-0.05, 0) is 26.0 Å². The SMILES string of the molecule is CC1(C)O[C@@H]2[C@@H](O)[C@H](Nc3ccccc3)[C@H](CO)[C@@H]2O1. The average molecular weight is 279 g/mol. The number of hydrogen-bond acceptors (Lipinski definition) is 5. The van der Waals surface area contributed by atoms with Crippen LogP contribution >= 0.6 is 0 Å². The van der Waals surface area contributed by atoms with Crippen LogP contribution in [-0.4, -0.2) is 47.0 Å². The maximum Gasteiger partial charge on any atom is 0.163 e. The highest BCUT2D eigenvalue weighted by atomic mass is 16.8. The maximum absolute atomic E-state index is 10.5. The molecule has 0 radical (unpaired) electrons. The fourth-order valence-electron chi connectivity index (χ4n) is 3.21. The summed E-state index contributed by atoms with van der Waals surface area (Å²) in [5.74, 6) is -0.904. The van der Waals surface area contributed by atoms with Crippen molar-refractivity contribution in [3.63, 3.8) is 0 Å². The number of ether oxygens (including phenoxy) is 2. The van der Waals surface area contributed by atoms with Gasteiger partial charge >= 0.3 is 0 Å². The topological polar surface area (TPSA) is 71.0 Å². The highest BCUT2D eigenvalue weighted by Gasteiger charge is 2.58. The highest BCUT2D eigenvalue weighted by Crippen LogP contribution is 2.42. The highest BCUT2D eigenvalue weighted by molar-refractivity contribution is 5.44. The summed E-state index contributed by atoms with van der Waals surface area (Å²) in [6.07, 6.45) is -1.39. The number of hydrogen-bond donors (Lipinski definition) is 3. The van der Waals surface area contributed by atoms with Gasteiger partial charge in [-0.25, -0.2) is 0 Å². The van der Waals surface area contributed by atoms with Crippen LogP contribution in [0.15, 0.2) is 30.3 Å². The summed E-state index contributed by atoms with van der Waals surface area (Å²) in [6, 6.07) is 9.36. The van der Waals surface area contributed by atoms with Crippen molar-refractivity contribution in [3.8, 4) is 0 Å². The average Bonchev–Trinajstić information content (AvgIpc) is 2.85. The Morgan fingerprint density at radius 2 is 1.80 bits per heavy atom. The molecule has 0 aromatic heterocycles. The number of para-hydroxylation sites is 1. The van der Waals surface area contributed by atoms with Gasteiger partial charge in [0.15, 0.2) is 5.79 Å². The van der Waals surface area contributed by atoms with Crippen LogP contribution in [0.4, 0.5) is 5.69 Å². The van der Waals surface area contributed by atoms with E-state index < -0.39 is 18.0 Å². The molecule has 1 saturated carbocycles. The molecular formula is C15H21NO4. The lowest BCUT2D eigenvalue weighted by Crippen LogP contribution is -2.41. The first-order chi connectivity index (χ1) is 9.52. The molecule has 1 aromatic rings. The quantitative estimate of drug-likeness (QED) is 0.769. The van der Waals surface area contributed by atoms with Crippen molar-refractivity contribution < 1.29 is 19.7 Å². The first-order valence-electron chi connectivity index (χ1n) is 6.98. The van der Waals surface area contributed by atoms with Gasteiger partial charge in [-0.2, -0.15) is 0 Å². The molecule has 0 spiro atoms. The molecule has 3 N–H and O–H groups in total. The van der Waals surface area contributed by atoms with Gasteiger partial charge in [0.05, 0.1) is 18.8 Å². The summed E-state index contributed by atoms with van der Waals surface area (Å²) in [5.41, 5.74) is 0.911. The molecule has 1 aromatic carbocycles. The van der Waals surface area contributed by atoms with Gasteiger partial charge in [0.2, 0.25) is 0 Å². The van der Waals surface area contributed by atoms with Crippen LogP contribution in [0.5, 0.6) is 0 Å². The molecule has 110 valence electrons. The van der Waals surface area contributed by atoms with Crippen LogP contribution in [0.25, 0.3) is 0 Å². The normalized spacial score (nSPS) is 38.7. The van der Waals surface area contributed by atoms with Crippen LogP contribution < -0.4 is 5.32 Å². The number of rotatable bonds is 3. The predicted molar refractivity (Wildman–Crippen MR) is 74.3 cm³/mol. The Morgan fingerprint density at radius 1 is 1.15 bits per heavy atom. The smallest absolute Gasteiger partial charge is 0.163 e. The van der Waals surface area contributed by atoms with Crippen molar-refractivity contribution in [1.29, 1.82) is 0 Å². The van der Waals surface area contributed by atoms with Gasteiger partial charge in [0, 0.05) is 11.6 Å². The third-order valence-electron chi connectivity index (χ3n) is 4.07. The van der Waals surface area contributed by atoms with Crippen LogP contribution in [0.1, 0.15) is 13.8 Å². The lowest BCUT2D eigenvalue weighted by molar-refractivity contribution is -0.169. The molecule has 2 aliphatic rings. The summed E-state index contributed by atoms with van der Waals surface area (Å²) in [5, 5.41) is 23.4. The van der Waals surface area contributed by atoms with Gasteiger partial charge in [0.25, 0.3) is 0 Å². The Bertz CT molecular complexity index is 464. The van der Waals surface area contributed by atoms with E-state index in [1.165, 1.54) is 0 Å². The minimum atomic E-state index is -0.709. The van der Waals surface area contributed by atoms with Crippen molar-refractivity contribution in [2.75, 3.05) is 11.9 Å². The van der Waals surface area contributed by atoms with Gasteiger partial charge in [-0.15, -0.1) is 0 Å². The Labute approximate surface area is 118 Å². The van der Waals surface area contributed by atoms with E-state index in [9.17, 15) is 10.2 Å². The van der Waals surface area contributed by atoms with Crippen molar-refractivity contribution in [1.82, 2.24) is 0 Å². The first-order valence-corrected chi connectivity index (χ1v) is 6.98. The molecule has 1 saturated heterocycles. The fourth-order valence-corrected chi connectivity index (χ4v) is 3.21. The fraction of sp³-hybridized carbons (Fsp3) is 0.600. The molecular weight excluding hydrogens is 258 g/mol. The zero-order chi connectivity index (χ0) is 14.3. The Balaban J connectivity index is 1.79. The van der Waals surface area contributed by atoms with Crippen LogP contribution in [0, 0.1) is 5.92 Å². The molecule has 3 rings (SSSR count). The van der Waals surface area contributed by atoms with Gasteiger partial charge < -0.3 is 25.0 Å². The van der Waals surface area contributed by atoms with E-state index in [0.717, 1.165) is 5.69 Å². The monoisotopic (exact) mass is 279 g/mol. The van der Waals surface area contributed by atoms with E-state index in [-0.39, 0.29) is 24.7 Å². The van der Waals surface area contributed by atoms with Crippen LogP contribution in [0.3, 0.4) is 0 Å². The van der Waals surface area contributed by atoms with E-state index in [1.54, 1.807) is 0 Å². The molecule has 5 heteroatoms. The third-order valence-corrected chi connectivity index (χ3v) is 4.07. The predicted octanol–water partition coefficient (Wildman–Crippen LogP) is 0.970. The Kier molecular flexibility index (Phi) is 3.46. The summed E-state index contributed by atoms with van der Waals surface area (Å²) in [6.45, 7) is 3.60. The van der Waals surface area contributed by atoms with E-state index >= 15 is 0 Å². The minimum absolute atomic E-state index is 0.0534. The molecule has 1 heterocycles. The second-order valence-electron chi connectivity index (χ2n) is 5.94. The molecule has 0 unspecified atom stereocenters. The van der Waals surface area contributed by atoms with Gasteiger partial charge in [0.1, 0.15) is 12.2 Å². The molecule has 5 nitrogen and oxygen atoms in total. The largest absolute Gasteiger partial charge is 0.396 e. The summed E-state index contributed by atoms with van der Waals surface area (Å²) < 4.78 is 11.6. The molecule has 0 bridgehead atoms. The van der Waals surface area contributed by atoms with Gasteiger partial charge in [-0.1, -0.05) is 18.2 Å². The standard InChI is InChI=1S/C15H21NO4/c1-15(2)19-13-10(8-17)11(12(18)14(13)20-15)16-9-6-4-3-5-7-9/h3-7,10-14,16-18H,8H2,1-2H3/t10-,11+,12-,13-,14+/m0/s1. The Morgan fingerprint density at radius 3 is 2.45 bits per heavy atom. The number of nitrogens with one attached hydrogen (secondary N) is 1. The van der Waals surface area contributed by atoms with Crippen LogP contribution in [0.2, 0.25) is 0 Å². The second-order valence-corrected chi connectivity index (χ2v) is 5.94. The number of benzene rings is 1. The summed E-state index contributed by atoms with van der Waals surface area (Å²) in [4.78, 5) is 0. The van der Waals surface area contributed by atoms with Gasteiger partial charge in [-0.3, -0.25) is 0 Å². The number of aliphatic hydroxyl groups excluding tert-OH is 2. The van der Waals surface area contributed by atoms with E-state index in [2.05, 4.69) is 5.32 Å². The van der Waals surface area contributed by atoms with Crippen LogP contribution in [-0.2, 0) is 9.47 Å². The lowest BCUT2D eigenvalue weighted by atomic mass is 10.0. The zero-order valence-electron chi connectivity index (χ0n) is 11.7. The molecule has 0 amide bonds. The van der Waals surface area contributed by atoms with E-state index in [0.29, 0.717) is 0 Å². The number of aliphatic hydroxyl groups is 2. The molecule has 1 aliphatic carbocycles. The molecule has 20 heavy (non-hydrogen) atoms. The zero-order valence-corrected chi connectivity index (χ0v) is 11.7. The summed E-state index contributed by atoms with van der Waals surface area (Å²) >= 11 is 0. The van der Waals surface area contributed by atoms with Crippen molar-refractivity contribution in [2.45, 2.75) is 44.0 Å². The molecule has 2 fully saturated rings. The van der Waals surface area contributed by atoms with Crippen molar-refractivity contribution in [3.05, 3.63) is 30.3 Å². The van der Waals surface area contributed by atoms with E-state index in [1.807, 2.05) is 44.2 Å².